The van der Waals surface area contributed by atoms with Crippen molar-refractivity contribution < 1.29 is 0 Å². The lowest BCUT2D eigenvalue weighted by Crippen LogP contribution is -2.00. The van der Waals surface area contributed by atoms with E-state index in [-0.39, 0.29) is 0 Å². The van der Waals surface area contributed by atoms with Crippen LogP contribution in [0.4, 0.5) is 0 Å². The topological polar surface area (TPSA) is 101 Å². The van der Waals surface area contributed by atoms with Crippen LogP contribution in [0.15, 0.2) is 188 Å². The highest BCUT2D eigenvalue weighted by atomic mass is 15.0. The number of nitriles is 1. The second-order valence-corrected chi connectivity index (χ2v) is 16.7. The second kappa shape index (κ2) is 17.8. The maximum atomic E-state index is 9.78. The van der Waals surface area contributed by atoms with Gasteiger partial charge in [0, 0.05) is 33.4 Å². The van der Waals surface area contributed by atoms with Gasteiger partial charge in [-0.1, -0.05) is 186 Å². The minimum Gasteiger partial charge on any atom is -0.208 e. The van der Waals surface area contributed by atoms with Gasteiger partial charge in [-0.05, 0) is 85.3 Å². The highest BCUT2D eigenvalue weighted by molar-refractivity contribution is 5.95. The Balaban J connectivity index is 1.11. The van der Waals surface area contributed by atoms with Crippen LogP contribution in [0, 0.1) is 39.0 Å². The third-order valence-electron chi connectivity index (χ3n) is 11.7. The molecule has 2 aromatic heterocycles. The zero-order valence-corrected chi connectivity index (χ0v) is 37.0. The van der Waals surface area contributed by atoms with E-state index >= 15 is 0 Å². The molecule has 0 spiro atoms. The molecule has 0 atom stereocenters. The molecule has 7 heteroatoms. The molecule has 0 unspecified atom stereocenters. The van der Waals surface area contributed by atoms with E-state index in [0.29, 0.717) is 40.5 Å². The van der Waals surface area contributed by atoms with Crippen molar-refractivity contribution in [1.82, 2.24) is 29.9 Å². The summed E-state index contributed by atoms with van der Waals surface area (Å²) in [7, 11) is 0. The van der Waals surface area contributed by atoms with Crippen LogP contribution in [-0.2, 0) is 0 Å². The lowest BCUT2D eigenvalue weighted by molar-refractivity contribution is 1.07. The Morgan fingerprint density at radius 3 is 0.879 bits per heavy atom. The van der Waals surface area contributed by atoms with Crippen molar-refractivity contribution in [2.24, 2.45) is 0 Å². The predicted molar refractivity (Wildman–Crippen MR) is 266 cm³/mol. The van der Waals surface area contributed by atoms with E-state index in [1.165, 1.54) is 0 Å². The molecule has 314 valence electrons. The van der Waals surface area contributed by atoms with Gasteiger partial charge in [0.1, 0.15) is 0 Å². The fourth-order valence-corrected chi connectivity index (χ4v) is 8.04. The first-order valence-electron chi connectivity index (χ1n) is 21.9. The monoisotopic (exact) mass is 849 g/mol. The van der Waals surface area contributed by atoms with Crippen molar-refractivity contribution in [3.8, 4) is 108 Å². The van der Waals surface area contributed by atoms with Gasteiger partial charge in [-0.2, -0.15) is 5.26 Å². The fourth-order valence-electron chi connectivity index (χ4n) is 8.04. The van der Waals surface area contributed by atoms with Crippen LogP contribution >= 0.6 is 0 Å². The summed E-state index contributed by atoms with van der Waals surface area (Å²) in [6.45, 7) is 8.29. The van der Waals surface area contributed by atoms with Crippen LogP contribution in [-0.4, -0.2) is 29.9 Å². The van der Waals surface area contributed by atoms with E-state index in [4.69, 9.17) is 29.9 Å². The molecule has 0 N–H and O–H groups in total. The van der Waals surface area contributed by atoms with Crippen LogP contribution in [0.1, 0.15) is 27.8 Å². The molecular formula is C59H43N7. The zero-order chi connectivity index (χ0) is 45.1. The summed E-state index contributed by atoms with van der Waals surface area (Å²) in [6.07, 6.45) is 0. The first-order chi connectivity index (χ1) is 32.2. The maximum absolute atomic E-state index is 9.78. The van der Waals surface area contributed by atoms with Gasteiger partial charge < -0.3 is 0 Å². The predicted octanol–water partition coefficient (Wildman–Crippen LogP) is 14.2. The molecule has 2 heterocycles. The van der Waals surface area contributed by atoms with Crippen molar-refractivity contribution in [2.75, 3.05) is 0 Å². The van der Waals surface area contributed by atoms with Gasteiger partial charge in [0.2, 0.25) is 0 Å². The number of rotatable bonds is 9. The molecule has 0 amide bonds. The van der Waals surface area contributed by atoms with Crippen molar-refractivity contribution >= 4 is 0 Å². The summed E-state index contributed by atoms with van der Waals surface area (Å²) in [6, 6.07) is 66.3. The molecular weight excluding hydrogens is 807 g/mol. The number of aromatic nitrogens is 6. The average molecular weight is 850 g/mol. The summed E-state index contributed by atoms with van der Waals surface area (Å²) < 4.78 is 0. The molecule has 0 aliphatic rings. The largest absolute Gasteiger partial charge is 0.208 e. The van der Waals surface area contributed by atoms with E-state index in [9.17, 15) is 5.26 Å². The number of hydrogen-bond acceptors (Lipinski definition) is 7. The molecule has 7 nitrogen and oxygen atoms in total. The van der Waals surface area contributed by atoms with Crippen molar-refractivity contribution in [3.05, 3.63) is 216 Å². The van der Waals surface area contributed by atoms with Gasteiger partial charge in [0.25, 0.3) is 0 Å². The van der Waals surface area contributed by atoms with Gasteiger partial charge in [0.05, 0.1) is 11.6 Å². The number of benzene rings is 8. The van der Waals surface area contributed by atoms with Crippen LogP contribution in [0.25, 0.3) is 102 Å². The molecule has 66 heavy (non-hydrogen) atoms. The van der Waals surface area contributed by atoms with Crippen LogP contribution in [0.5, 0.6) is 0 Å². The summed E-state index contributed by atoms with van der Waals surface area (Å²) in [5, 5.41) is 9.78. The summed E-state index contributed by atoms with van der Waals surface area (Å²) >= 11 is 0. The SMILES string of the molecule is Cc1ccc(-c2nc(-c3ccc(C)cc3)nc(-c3cccc(-c4cccc(-c5cccc(-c6nc(-c7ccc(C)cc7)nc(-c7ccc(C)cc7)n6)c5)c4-c4ccc(C#N)cc4)c3)n2)cc1. The molecule has 0 saturated heterocycles. The first kappa shape index (κ1) is 41.3. The zero-order valence-electron chi connectivity index (χ0n) is 37.0. The molecule has 10 aromatic rings. The van der Waals surface area contributed by atoms with E-state index < -0.39 is 0 Å². The molecule has 0 radical (unpaired) electrons. The minimum absolute atomic E-state index is 0.578. The van der Waals surface area contributed by atoms with Gasteiger partial charge in [0.15, 0.2) is 34.9 Å². The molecule has 0 saturated carbocycles. The van der Waals surface area contributed by atoms with E-state index in [0.717, 1.165) is 89.0 Å². The van der Waals surface area contributed by atoms with Crippen molar-refractivity contribution in [3.63, 3.8) is 0 Å². The van der Waals surface area contributed by atoms with Crippen molar-refractivity contribution in [2.45, 2.75) is 27.7 Å². The third kappa shape index (κ3) is 8.64. The normalized spacial score (nSPS) is 11.0. The Bertz CT molecular complexity index is 3100. The summed E-state index contributed by atoms with van der Waals surface area (Å²) in [5.74, 6) is 3.59. The van der Waals surface area contributed by atoms with E-state index in [2.05, 4.69) is 198 Å². The molecule has 10 rings (SSSR count). The second-order valence-electron chi connectivity index (χ2n) is 16.7. The number of aryl methyl sites for hydroxylation is 4. The van der Waals surface area contributed by atoms with Crippen LogP contribution in [0.3, 0.4) is 0 Å². The standard InChI is InChI=1S/C59H43N7/c1-37-14-24-43(25-15-37)54-61-55(44-26-16-38(2)17-27-44)64-58(63-54)49-10-5-8-47(34-49)51-12-7-13-52(53(51)42-32-22-41(36-60)23-33-42)48-9-6-11-50(35-48)59-65-56(45-28-18-39(3)19-29-45)62-57(66-59)46-30-20-40(4)21-31-46/h5-35H,1-4H3. The highest BCUT2D eigenvalue weighted by Gasteiger charge is 2.19. The van der Waals surface area contributed by atoms with Crippen LogP contribution < -0.4 is 0 Å². The molecule has 0 bridgehead atoms. The smallest absolute Gasteiger partial charge is 0.164 e. The Labute approximate surface area is 384 Å². The van der Waals surface area contributed by atoms with Gasteiger partial charge in [-0.3, -0.25) is 0 Å². The molecule has 0 aliphatic carbocycles. The third-order valence-corrected chi connectivity index (χ3v) is 11.7. The van der Waals surface area contributed by atoms with Gasteiger partial charge in [-0.25, -0.2) is 29.9 Å². The summed E-state index contributed by atoms with van der Waals surface area (Å²) in [4.78, 5) is 30.2. The van der Waals surface area contributed by atoms with Crippen LogP contribution in [0.2, 0.25) is 0 Å². The lowest BCUT2D eigenvalue weighted by Gasteiger charge is -2.18. The van der Waals surface area contributed by atoms with Crippen molar-refractivity contribution in [1.29, 1.82) is 5.26 Å². The Morgan fingerprint density at radius 1 is 0.288 bits per heavy atom. The van der Waals surface area contributed by atoms with E-state index in [1.807, 2.05) is 24.3 Å². The average Bonchev–Trinajstić information content (AvgIpc) is 3.37. The number of nitrogens with zero attached hydrogens (tertiary/aromatic N) is 7. The Morgan fingerprint density at radius 2 is 0.561 bits per heavy atom. The highest BCUT2D eigenvalue weighted by Crippen LogP contribution is 2.42. The Hall–Kier alpha value is -8.73. The lowest BCUT2D eigenvalue weighted by atomic mass is 9.86. The van der Waals surface area contributed by atoms with E-state index in [1.54, 1.807) is 0 Å². The maximum Gasteiger partial charge on any atom is 0.164 e. The number of hydrogen-bond donors (Lipinski definition) is 0. The quantitative estimate of drug-likeness (QED) is 0.143. The Kier molecular flexibility index (Phi) is 11.1. The van der Waals surface area contributed by atoms with Gasteiger partial charge in [-0.15, -0.1) is 0 Å². The molecule has 0 fully saturated rings. The minimum atomic E-state index is 0.578. The van der Waals surface area contributed by atoms with Gasteiger partial charge >= 0.3 is 0 Å². The molecule has 8 aromatic carbocycles. The summed E-state index contributed by atoms with van der Waals surface area (Å²) in [5.41, 5.74) is 16.6. The molecule has 0 aliphatic heterocycles. The first-order valence-corrected chi connectivity index (χ1v) is 21.9. The fraction of sp³-hybridized carbons (Fsp3) is 0.0678.